The third kappa shape index (κ3) is 4.62. The van der Waals surface area contributed by atoms with Gasteiger partial charge in [0.25, 0.3) is 5.91 Å². The largest absolute Gasteiger partial charge is 0.318 e. The third-order valence-corrected chi connectivity index (χ3v) is 4.94. The number of carbonyl (C=O) groups excluding carboxylic acids is 1. The molecule has 0 aliphatic rings. The van der Waals surface area contributed by atoms with Crippen LogP contribution in [0.2, 0.25) is 0 Å². The Kier molecular flexibility index (Phi) is 5.69. The van der Waals surface area contributed by atoms with E-state index in [4.69, 9.17) is 0 Å². The molecular weight excluding hydrogens is 365 g/mol. The molecule has 0 aliphatic heterocycles. The number of carbonyl (C=O) groups is 1. The number of hydrazone groups is 1. The summed E-state index contributed by atoms with van der Waals surface area (Å²) in [5.41, 5.74) is 8.08. The second-order valence-corrected chi connectivity index (χ2v) is 8.16. The van der Waals surface area contributed by atoms with E-state index in [1.165, 1.54) is 17.7 Å². The number of aryl methyl sites for hydroxylation is 1. The molecule has 0 saturated heterocycles. The van der Waals surface area contributed by atoms with E-state index in [-0.39, 0.29) is 17.1 Å². The Bertz CT molecular complexity index is 1040. The van der Waals surface area contributed by atoms with Gasteiger partial charge >= 0.3 is 0 Å². The predicted molar refractivity (Wildman–Crippen MR) is 115 cm³/mol. The minimum Gasteiger partial charge on any atom is -0.318 e. The van der Waals surface area contributed by atoms with Gasteiger partial charge in [-0.15, -0.1) is 0 Å². The Labute approximate surface area is 171 Å². The molecule has 0 saturated carbocycles. The molecular formula is C24H26FN3O. The maximum atomic E-state index is 13.2. The predicted octanol–water partition coefficient (Wildman–Crippen LogP) is 5.29. The van der Waals surface area contributed by atoms with E-state index in [1.807, 2.05) is 48.7 Å². The molecule has 0 fully saturated rings. The van der Waals surface area contributed by atoms with Crippen molar-refractivity contribution in [3.63, 3.8) is 0 Å². The number of aromatic nitrogens is 1. The second kappa shape index (κ2) is 8.03. The first kappa shape index (κ1) is 20.5. The highest BCUT2D eigenvalue weighted by atomic mass is 19.1. The Morgan fingerprint density at radius 2 is 1.66 bits per heavy atom. The molecule has 1 amide bonds. The average Bonchev–Trinajstić information content (AvgIpc) is 2.95. The van der Waals surface area contributed by atoms with E-state index < -0.39 is 0 Å². The molecule has 3 rings (SSSR count). The van der Waals surface area contributed by atoms with Gasteiger partial charge in [0.15, 0.2) is 0 Å². The van der Waals surface area contributed by atoms with E-state index in [1.54, 1.807) is 18.3 Å². The number of amides is 1. The van der Waals surface area contributed by atoms with Crippen LogP contribution in [-0.4, -0.2) is 16.7 Å². The van der Waals surface area contributed by atoms with Gasteiger partial charge in [0.05, 0.1) is 6.21 Å². The highest BCUT2D eigenvalue weighted by Gasteiger charge is 2.14. The molecule has 0 aliphatic carbocycles. The van der Waals surface area contributed by atoms with Gasteiger partial charge in [-0.2, -0.15) is 5.10 Å². The van der Waals surface area contributed by atoms with Crippen molar-refractivity contribution < 1.29 is 9.18 Å². The van der Waals surface area contributed by atoms with E-state index in [0.717, 1.165) is 22.6 Å². The van der Waals surface area contributed by atoms with Crippen LogP contribution in [0.15, 0.2) is 59.7 Å². The van der Waals surface area contributed by atoms with Gasteiger partial charge in [0.1, 0.15) is 5.82 Å². The summed E-state index contributed by atoms with van der Waals surface area (Å²) in [6, 6.07) is 15.9. The van der Waals surface area contributed by atoms with Crippen molar-refractivity contribution >= 4 is 12.1 Å². The first-order valence-corrected chi connectivity index (χ1v) is 9.55. The molecule has 5 heteroatoms. The number of nitrogens with one attached hydrogen (secondary N) is 1. The summed E-state index contributed by atoms with van der Waals surface area (Å²) >= 11 is 0. The number of halogens is 1. The van der Waals surface area contributed by atoms with Gasteiger partial charge in [0, 0.05) is 28.2 Å². The molecule has 1 N–H and O–H groups in total. The number of benzene rings is 2. The van der Waals surface area contributed by atoms with Crippen molar-refractivity contribution in [2.45, 2.75) is 40.0 Å². The minimum absolute atomic E-state index is 0.0419. The second-order valence-electron chi connectivity index (χ2n) is 8.16. The summed E-state index contributed by atoms with van der Waals surface area (Å²) in [7, 11) is 0. The van der Waals surface area contributed by atoms with Crippen molar-refractivity contribution in [3.8, 4) is 5.69 Å². The molecule has 29 heavy (non-hydrogen) atoms. The van der Waals surface area contributed by atoms with Gasteiger partial charge in [0.2, 0.25) is 0 Å². The van der Waals surface area contributed by atoms with Gasteiger partial charge < -0.3 is 4.57 Å². The number of rotatable bonds is 4. The lowest BCUT2D eigenvalue weighted by Gasteiger charge is -2.18. The van der Waals surface area contributed by atoms with E-state index >= 15 is 0 Å². The molecule has 0 unspecified atom stereocenters. The fraction of sp³-hybridized carbons (Fsp3) is 0.250. The number of hydrogen-bond donors (Lipinski definition) is 1. The van der Waals surface area contributed by atoms with Crippen LogP contribution in [0.1, 0.15) is 53.6 Å². The van der Waals surface area contributed by atoms with Crippen LogP contribution in [0.3, 0.4) is 0 Å². The van der Waals surface area contributed by atoms with Crippen molar-refractivity contribution in [2.75, 3.05) is 0 Å². The normalized spacial score (nSPS) is 11.8. The van der Waals surface area contributed by atoms with Gasteiger partial charge in [-0.25, -0.2) is 9.82 Å². The van der Waals surface area contributed by atoms with Crippen LogP contribution in [0.5, 0.6) is 0 Å². The molecule has 2 aromatic carbocycles. The summed E-state index contributed by atoms with van der Waals surface area (Å²) in [4.78, 5) is 12.3. The Morgan fingerprint density at radius 1 is 1.03 bits per heavy atom. The standard InChI is InChI=1S/C24H26FN3O/c1-16-14-19(17(2)28(16)22-12-10-21(25)11-13-22)15-26-27-23(29)18-6-8-20(9-7-18)24(3,4)5/h6-15H,1-5H3,(H,27,29)/b26-15-. The smallest absolute Gasteiger partial charge is 0.271 e. The van der Waals surface area contributed by atoms with Crippen molar-refractivity contribution in [2.24, 2.45) is 5.10 Å². The van der Waals surface area contributed by atoms with Gasteiger partial charge in [-0.05, 0) is 67.3 Å². The molecule has 4 nitrogen and oxygen atoms in total. The summed E-state index contributed by atoms with van der Waals surface area (Å²) in [5.74, 6) is -0.523. The molecule has 3 aromatic rings. The summed E-state index contributed by atoms with van der Waals surface area (Å²) in [5, 5.41) is 4.11. The van der Waals surface area contributed by atoms with E-state index in [9.17, 15) is 9.18 Å². The SMILES string of the molecule is Cc1cc(/C=N\NC(=O)c2ccc(C(C)(C)C)cc2)c(C)n1-c1ccc(F)cc1. The van der Waals surface area contributed by atoms with E-state index in [2.05, 4.69) is 31.3 Å². The third-order valence-electron chi connectivity index (χ3n) is 4.94. The fourth-order valence-corrected chi connectivity index (χ4v) is 3.25. The first-order valence-electron chi connectivity index (χ1n) is 9.55. The Balaban J connectivity index is 1.73. The summed E-state index contributed by atoms with van der Waals surface area (Å²) in [6.45, 7) is 10.3. The lowest BCUT2D eigenvalue weighted by atomic mass is 9.87. The summed E-state index contributed by atoms with van der Waals surface area (Å²) in [6.07, 6.45) is 1.63. The molecule has 1 heterocycles. The monoisotopic (exact) mass is 391 g/mol. The van der Waals surface area contributed by atoms with Crippen LogP contribution >= 0.6 is 0 Å². The van der Waals surface area contributed by atoms with Crippen LogP contribution in [0.25, 0.3) is 5.69 Å². The lowest BCUT2D eigenvalue weighted by molar-refractivity contribution is 0.0955. The lowest BCUT2D eigenvalue weighted by Crippen LogP contribution is -2.18. The average molecular weight is 391 g/mol. The maximum absolute atomic E-state index is 13.2. The molecule has 0 spiro atoms. The van der Waals surface area contributed by atoms with Crippen molar-refractivity contribution in [1.29, 1.82) is 0 Å². The molecule has 150 valence electrons. The Hall–Kier alpha value is -3.21. The highest BCUT2D eigenvalue weighted by molar-refractivity contribution is 5.95. The minimum atomic E-state index is -0.267. The van der Waals surface area contributed by atoms with Gasteiger partial charge in [-0.3, -0.25) is 4.79 Å². The summed E-state index contributed by atoms with van der Waals surface area (Å²) < 4.78 is 15.2. The number of nitrogens with zero attached hydrogens (tertiary/aromatic N) is 2. The highest BCUT2D eigenvalue weighted by Crippen LogP contribution is 2.22. The van der Waals surface area contributed by atoms with E-state index in [0.29, 0.717) is 5.56 Å². The first-order chi connectivity index (χ1) is 13.7. The molecule has 0 radical (unpaired) electrons. The fourth-order valence-electron chi connectivity index (χ4n) is 3.25. The zero-order chi connectivity index (χ0) is 21.2. The van der Waals surface area contributed by atoms with Gasteiger partial charge in [-0.1, -0.05) is 32.9 Å². The Morgan fingerprint density at radius 3 is 2.24 bits per heavy atom. The topological polar surface area (TPSA) is 46.4 Å². The maximum Gasteiger partial charge on any atom is 0.271 e. The zero-order valence-corrected chi connectivity index (χ0v) is 17.5. The zero-order valence-electron chi connectivity index (χ0n) is 17.5. The van der Waals surface area contributed by atoms with Crippen LogP contribution in [0.4, 0.5) is 4.39 Å². The van der Waals surface area contributed by atoms with Crippen LogP contribution in [0, 0.1) is 19.7 Å². The quantitative estimate of drug-likeness (QED) is 0.476. The van der Waals surface area contributed by atoms with Crippen molar-refractivity contribution in [1.82, 2.24) is 9.99 Å². The molecule has 1 aromatic heterocycles. The van der Waals surface area contributed by atoms with Crippen LogP contribution < -0.4 is 5.43 Å². The van der Waals surface area contributed by atoms with Crippen LogP contribution in [-0.2, 0) is 5.41 Å². The van der Waals surface area contributed by atoms with Crippen molar-refractivity contribution in [3.05, 3.63) is 88.5 Å². The molecule has 0 atom stereocenters. The molecule has 0 bridgehead atoms. The number of hydrogen-bond acceptors (Lipinski definition) is 2.